The number of hydrogen-bond acceptors (Lipinski definition) is 7. The molecule has 6 nitrogen and oxygen atoms in total. The second-order valence-corrected chi connectivity index (χ2v) is 9.68. The van der Waals surface area contributed by atoms with Crippen LogP contribution in [0.5, 0.6) is 0 Å². The van der Waals surface area contributed by atoms with Crippen LogP contribution in [-0.2, 0) is 0 Å². The molecule has 2 saturated carbocycles. The Morgan fingerprint density at radius 1 is 1.24 bits per heavy atom. The van der Waals surface area contributed by atoms with Gasteiger partial charge in [0, 0.05) is 12.3 Å². The number of benzene rings is 1. The fourth-order valence-corrected chi connectivity index (χ4v) is 4.79. The van der Waals surface area contributed by atoms with Crippen LogP contribution in [0.4, 0.5) is 30.5 Å². The van der Waals surface area contributed by atoms with Gasteiger partial charge in [-0.25, -0.2) is 23.1 Å². The van der Waals surface area contributed by atoms with Crippen LogP contribution in [0.1, 0.15) is 37.7 Å². The lowest BCUT2D eigenvalue weighted by molar-refractivity contribution is 0.0995. The van der Waals surface area contributed by atoms with E-state index in [1.54, 1.807) is 6.07 Å². The van der Waals surface area contributed by atoms with Crippen LogP contribution in [0.3, 0.4) is 0 Å². The Kier molecular flexibility index (Phi) is 7.04. The Labute approximate surface area is 195 Å². The van der Waals surface area contributed by atoms with E-state index >= 15 is 0 Å². The number of nitrogen functional groups attached to an aromatic ring is 1. The minimum atomic E-state index is -1.50. The van der Waals surface area contributed by atoms with Crippen LogP contribution in [0, 0.1) is 17.6 Å². The zero-order chi connectivity index (χ0) is 23.7. The molecule has 2 aliphatic rings. The molecule has 1 aromatic heterocycles. The molecule has 1 aromatic carbocycles. The molecule has 2 aromatic rings. The lowest BCUT2D eigenvalue weighted by Gasteiger charge is -2.20. The summed E-state index contributed by atoms with van der Waals surface area (Å²) in [5.41, 5.74) is 7.88. The maximum absolute atomic E-state index is 14.4. The molecule has 5 atom stereocenters. The Morgan fingerprint density at radius 2 is 2.00 bits per heavy atom. The summed E-state index contributed by atoms with van der Waals surface area (Å²) in [6, 6.07) is 3.23. The Morgan fingerprint density at radius 3 is 2.67 bits per heavy atom. The molecule has 4 rings (SSSR count). The quantitative estimate of drug-likeness (QED) is 0.239. The molecule has 0 saturated heterocycles. The summed E-state index contributed by atoms with van der Waals surface area (Å²) >= 11 is 1.47. The molecule has 1 unspecified atom stereocenters. The Hall–Kier alpha value is -2.46. The van der Waals surface area contributed by atoms with Gasteiger partial charge in [-0.2, -0.15) is 0 Å². The van der Waals surface area contributed by atoms with Crippen molar-refractivity contribution in [2.24, 2.45) is 5.92 Å². The lowest BCUT2D eigenvalue weighted by atomic mass is 10.1. The predicted octanol–water partition coefficient (Wildman–Crippen LogP) is 4.49. The zero-order valence-corrected chi connectivity index (χ0v) is 19.1. The van der Waals surface area contributed by atoms with Gasteiger partial charge in [0.2, 0.25) is 0 Å². The summed E-state index contributed by atoms with van der Waals surface area (Å²) in [6.07, 6.45) is -0.653. The van der Waals surface area contributed by atoms with Crippen molar-refractivity contribution < 1.29 is 18.3 Å². The van der Waals surface area contributed by atoms with Gasteiger partial charge in [-0.05, 0) is 54.4 Å². The number of halogens is 3. The van der Waals surface area contributed by atoms with E-state index < -0.39 is 30.0 Å². The number of nitrogens with zero attached hydrogens (tertiary/aromatic N) is 2. The molecule has 2 fully saturated rings. The number of nitrogens with two attached hydrogens (primary N) is 1. The first-order chi connectivity index (χ1) is 15.8. The molecule has 178 valence electrons. The second-order valence-electron chi connectivity index (χ2n) is 8.62. The number of aliphatic hydroxyl groups is 1. The van der Waals surface area contributed by atoms with Gasteiger partial charge in [-0.1, -0.05) is 31.3 Å². The van der Waals surface area contributed by atoms with Crippen molar-refractivity contribution in [2.45, 2.75) is 55.6 Å². The third kappa shape index (κ3) is 5.22. The summed E-state index contributed by atoms with van der Waals surface area (Å²) in [4.78, 5) is 8.98. The van der Waals surface area contributed by atoms with Gasteiger partial charge < -0.3 is 21.5 Å². The van der Waals surface area contributed by atoms with Crippen LogP contribution in [0.2, 0.25) is 0 Å². The van der Waals surface area contributed by atoms with E-state index in [4.69, 9.17) is 5.73 Å². The van der Waals surface area contributed by atoms with Gasteiger partial charge in [0.05, 0.1) is 12.1 Å². The fourth-order valence-electron chi connectivity index (χ4n) is 4.09. The van der Waals surface area contributed by atoms with Crippen LogP contribution in [0.15, 0.2) is 35.5 Å². The summed E-state index contributed by atoms with van der Waals surface area (Å²) < 4.78 is 41.2. The average Bonchev–Trinajstić information content (AvgIpc) is 3.52. The van der Waals surface area contributed by atoms with Crippen molar-refractivity contribution >= 4 is 29.1 Å². The summed E-state index contributed by atoms with van der Waals surface area (Å²) in [5.74, 6) is 0.204. The van der Waals surface area contributed by atoms with E-state index in [1.165, 1.54) is 17.8 Å². The van der Waals surface area contributed by atoms with Crippen molar-refractivity contribution in [3.63, 3.8) is 0 Å². The number of hydrogen-bond donors (Lipinski definition) is 4. The van der Waals surface area contributed by atoms with E-state index in [-0.39, 0.29) is 23.9 Å². The van der Waals surface area contributed by atoms with Gasteiger partial charge in [0.15, 0.2) is 34.6 Å². The summed E-state index contributed by atoms with van der Waals surface area (Å²) in [5, 5.41) is 16.6. The van der Waals surface area contributed by atoms with E-state index in [0.717, 1.165) is 30.2 Å². The molecular formula is C23H28F3N5OS. The van der Waals surface area contributed by atoms with E-state index in [9.17, 15) is 18.3 Å². The molecule has 0 amide bonds. The van der Waals surface area contributed by atoms with Crippen molar-refractivity contribution in [3.05, 3.63) is 47.5 Å². The maximum Gasteiger partial charge on any atom is 0.191 e. The van der Waals surface area contributed by atoms with Crippen molar-refractivity contribution in [1.29, 1.82) is 0 Å². The highest BCUT2D eigenvalue weighted by molar-refractivity contribution is 7.99. The topological polar surface area (TPSA) is 96.1 Å². The molecule has 5 N–H and O–H groups in total. The third-order valence-electron chi connectivity index (χ3n) is 6.08. The monoisotopic (exact) mass is 479 g/mol. The second kappa shape index (κ2) is 9.80. The van der Waals surface area contributed by atoms with Crippen molar-refractivity contribution in [2.75, 3.05) is 28.7 Å². The number of aliphatic hydroxyl groups excluding tert-OH is 1. The number of rotatable bonds is 9. The van der Waals surface area contributed by atoms with Gasteiger partial charge >= 0.3 is 0 Å². The van der Waals surface area contributed by atoms with E-state index in [0.29, 0.717) is 28.9 Å². The Bertz CT molecular complexity index is 1040. The van der Waals surface area contributed by atoms with Gasteiger partial charge in [0.1, 0.15) is 5.69 Å². The molecule has 2 aliphatic carbocycles. The molecule has 0 aliphatic heterocycles. The minimum Gasteiger partial charge on any atom is -0.393 e. The molecule has 33 heavy (non-hydrogen) atoms. The molecule has 0 spiro atoms. The Balaban J connectivity index is 1.48. The minimum absolute atomic E-state index is 0.137. The fraction of sp³-hybridized carbons (Fsp3) is 0.478. The van der Waals surface area contributed by atoms with Crippen molar-refractivity contribution in [1.82, 2.24) is 9.97 Å². The molecule has 0 bridgehead atoms. The third-order valence-corrected chi connectivity index (χ3v) is 7.13. The van der Waals surface area contributed by atoms with Gasteiger partial charge in [-0.3, -0.25) is 0 Å². The number of anilines is 3. The van der Waals surface area contributed by atoms with Crippen LogP contribution >= 0.6 is 11.8 Å². The number of thioether (sulfide) groups is 1. The normalized spacial score (nSPS) is 26.5. The molecule has 1 heterocycles. The lowest BCUT2D eigenvalue weighted by Crippen LogP contribution is -2.32. The van der Waals surface area contributed by atoms with Crippen LogP contribution < -0.4 is 16.4 Å². The SMILES string of the molecule is C=C1C[C@@H](O)[C@H](F)[C@H]1Nc1nc(SCCC)nc(NCC2C[C@H]2c2ccc(F)c(F)c2)c1N. The van der Waals surface area contributed by atoms with Crippen LogP contribution in [0.25, 0.3) is 0 Å². The average molecular weight is 480 g/mol. The van der Waals surface area contributed by atoms with Gasteiger partial charge in [-0.15, -0.1) is 0 Å². The van der Waals surface area contributed by atoms with E-state index in [1.807, 2.05) is 6.92 Å². The number of nitrogens with one attached hydrogen (secondary N) is 2. The smallest absolute Gasteiger partial charge is 0.191 e. The first-order valence-electron chi connectivity index (χ1n) is 11.0. The standard InChI is InChI=1S/C23H28F3N5OS/c1-3-6-33-23-30-21(19(27)22(31-23)29-20-11(2)7-17(32)18(20)26)28-10-13-8-14(13)12-4-5-15(24)16(25)9-12/h4-5,9,13-14,17-18,20,32H,2-3,6-8,10,27H2,1H3,(H2,28,29,30,31)/t13?,14-,17+,18-,20-/m0/s1. The predicted molar refractivity (Wildman–Crippen MR) is 125 cm³/mol. The largest absolute Gasteiger partial charge is 0.393 e. The number of aromatic nitrogens is 2. The van der Waals surface area contributed by atoms with Crippen molar-refractivity contribution in [3.8, 4) is 0 Å². The molecule has 10 heteroatoms. The first kappa shape index (κ1) is 23.7. The van der Waals surface area contributed by atoms with Gasteiger partial charge in [0.25, 0.3) is 0 Å². The summed E-state index contributed by atoms with van der Waals surface area (Å²) in [6.45, 7) is 6.45. The molecule has 0 radical (unpaired) electrons. The van der Waals surface area contributed by atoms with Crippen LogP contribution in [-0.4, -0.2) is 45.7 Å². The zero-order valence-electron chi connectivity index (χ0n) is 18.3. The highest BCUT2D eigenvalue weighted by Crippen LogP contribution is 2.47. The highest BCUT2D eigenvalue weighted by Gasteiger charge is 2.40. The number of alkyl halides is 1. The first-order valence-corrected chi connectivity index (χ1v) is 12.0. The highest BCUT2D eigenvalue weighted by atomic mass is 32.2. The maximum atomic E-state index is 14.4. The summed E-state index contributed by atoms with van der Waals surface area (Å²) in [7, 11) is 0. The van der Waals surface area contributed by atoms with E-state index in [2.05, 4.69) is 27.2 Å². The molecular weight excluding hydrogens is 451 g/mol.